The van der Waals surface area contributed by atoms with Crippen molar-refractivity contribution in [3.63, 3.8) is 0 Å². The Bertz CT molecular complexity index is 815. The number of nitriles is 1. The molecule has 0 aliphatic carbocycles. The Labute approximate surface area is 150 Å². The SMILES string of the molecule is N#Cc1cc(C2CNCCO2)n(-c2c(Cl)cc(C(F)(F)F)cc2Cl)n1. The number of nitrogens with zero attached hydrogens (tertiary/aromatic N) is 3. The van der Waals surface area contributed by atoms with E-state index < -0.39 is 17.8 Å². The van der Waals surface area contributed by atoms with Gasteiger partial charge < -0.3 is 10.1 Å². The third kappa shape index (κ3) is 3.60. The van der Waals surface area contributed by atoms with Crippen molar-refractivity contribution >= 4 is 23.2 Å². The van der Waals surface area contributed by atoms with E-state index >= 15 is 0 Å². The number of rotatable bonds is 2. The first-order valence-corrected chi connectivity index (χ1v) is 7.96. The largest absolute Gasteiger partial charge is 0.416 e. The molecule has 1 aliphatic rings. The molecule has 2 heterocycles. The maximum Gasteiger partial charge on any atom is 0.416 e. The van der Waals surface area contributed by atoms with E-state index in [0.717, 1.165) is 12.1 Å². The summed E-state index contributed by atoms with van der Waals surface area (Å²) in [4.78, 5) is 0. The summed E-state index contributed by atoms with van der Waals surface area (Å²) in [7, 11) is 0. The summed E-state index contributed by atoms with van der Waals surface area (Å²) in [6.45, 7) is 1.59. The van der Waals surface area contributed by atoms with Crippen LogP contribution in [0.3, 0.4) is 0 Å². The zero-order valence-electron chi connectivity index (χ0n) is 12.6. The van der Waals surface area contributed by atoms with Crippen LogP contribution in [0.25, 0.3) is 5.69 Å². The predicted octanol–water partition coefficient (Wildman–Crippen LogP) is 3.73. The van der Waals surface area contributed by atoms with Crippen molar-refractivity contribution in [2.75, 3.05) is 19.7 Å². The molecule has 3 rings (SSSR count). The van der Waals surface area contributed by atoms with Gasteiger partial charge in [0.15, 0.2) is 5.69 Å². The summed E-state index contributed by atoms with van der Waals surface area (Å²) < 4.78 is 45.6. The number of nitrogens with one attached hydrogen (secondary N) is 1. The fraction of sp³-hybridized carbons (Fsp3) is 0.333. The quantitative estimate of drug-likeness (QED) is 0.848. The molecule has 1 aromatic heterocycles. The van der Waals surface area contributed by atoms with Gasteiger partial charge >= 0.3 is 6.18 Å². The Morgan fingerprint density at radius 3 is 2.48 bits per heavy atom. The minimum atomic E-state index is -4.58. The molecule has 0 bridgehead atoms. The molecular formula is C15H11Cl2F3N4O. The molecule has 5 nitrogen and oxygen atoms in total. The van der Waals surface area contributed by atoms with Crippen molar-refractivity contribution < 1.29 is 17.9 Å². The highest BCUT2D eigenvalue weighted by Crippen LogP contribution is 2.38. The first kappa shape index (κ1) is 18.0. The highest BCUT2D eigenvalue weighted by molar-refractivity contribution is 6.37. The van der Waals surface area contributed by atoms with Crippen LogP contribution in [0.15, 0.2) is 18.2 Å². The molecule has 25 heavy (non-hydrogen) atoms. The van der Waals surface area contributed by atoms with Crippen LogP contribution in [-0.4, -0.2) is 29.5 Å². The van der Waals surface area contributed by atoms with E-state index in [-0.39, 0.29) is 21.4 Å². The zero-order chi connectivity index (χ0) is 18.2. The standard InChI is InChI=1S/C15H11Cl2F3N4O/c16-10-3-8(15(18,19)20)4-11(17)14(10)24-12(5-9(6-21)23-24)13-7-22-1-2-25-13/h3-5,13,22H,1-2,7H2. The van der Waals surface area contributed by atoms with Gasteiger partial charge in [-0.25, -0.2) is 4.68 Å². The molecule has 1 N–H and O–H groups in total. The molecule has 0 spiro atoms. The molecule has 1 aliphatic heterocycles. The van der Waals surface area contributed by atoms with Gasteiger partial charge in [-0.1, -0.05) is 23.2 Å². The molecule has 1 fully saturated rings. The van der Waals surface area contributed by atoms with E-state index in [9.17, 15) is 13.2 Å². The Balaban J connectivity index is 2.13. The monoisotopic (exact) mass is 390 g/mol. The Morgan fingerprint density at radius 1 is 1.28 bits per heavy atom. The van der Waals surface area contributed by atoms with Crippen LogP contribution in [0.5, 0.6) is 0 Å². The minimum Gasteiger partial charge on any atom is -0.369 e. The summed E-state index contributed by atoms with van der Waals surface area (Å²) in [5.74, 6) is 0. The minimum absolute atomic E-state index is 0.0713. The molecule has 0 saturated carbocycles. The lowest BCUT2D eigenvalue weighted by Crippen LogP contribution is -2.34. The third-order valence-electron chi connectivity index (χ3n) is 3.66. The van der Waals surface area contributed by atoms with Gasteiger partial charge in [0.2, 0.25) is 0 Å². The van der Waals surface area contributed by atoms with Crippen molar-refractivity contribution in [3.05, 3.63) is 45.2 Å². The molecule has 132 valence electrons. The van der Waals surface area contributed by atoms with Crippen LogP contribution in [0.4, 0.5) is 13.2 Å². The van der Waals surface area contributed by atoms with Crippen molar-refractivity contribution in [2.45, 2.75) is 12.3 Å². The topological polar surface area (TPSA) is 62.9 Å². The van der Waals surface area contributed by atoms with Crippen molar-refractivity contribution in [1.29, 1.82) is 5.26 Å². The number of hydrogen-bond acceptors (Lipinski definition) is 4. The first-order chi connectivity index (χ1) is 11.8. The highest BCUT2D eigenvalue weighted by Gasteiger charge is 2.33. The fourth-order valence-electron chi connectivity index (χ4n) is 2.55. The van der Waals surface area contributed by atoms with Crippen LogP contribution >= 0.6 is 23.2 Å². The van der Waals surface area contributed by atoms with Crippen LogP contribution in [-0.2, 0) is 10.9 Å². The highest BCUT2D eigenvalue weighted by atomic mass is 35.5. The average molecular weight is 391 g/mol. The smallest absolute Gasteiger partial charge is 0.369 e. The molecule has 10 heteroatoms. The van der Waals surface area contributed by atoms with E-state index in [1.54, 1.807) is 0 Å². The van der Waals surface area contributed by atoms with Crippen LogP contribution < -0.4 is 5.32 Å². The predicted molar refractivity (Wildman–Crippen MR) is 84.9 cm³/mol. The van der Waals surface area contributed by atoms with Crippen LogP contribution in [0.2, 0.25) is 10.0 Å². The number of halogens is 5. The number of benzene rings is 1. The van der Waals surface area contributed by atoms with Gasteiger partial charge in [-0.2, -0.15) is 23.5 Å². The summed E-state index contributed by atoms with van der Waals surface area (Å²) in [5.41, 5.74) is -0.332. The van der Waals surface area contributed by atoms with Gasteiger partial charge in [0.1, 0.15) is 17.9 Å². The normalized spacial score (nSPS) is 18.2. The number of hydrogen-bond donors (Lipinski definition) is 1. The molecule has 2 aromatic rings. The van der Waals surface area contributed by atoms with E-state index in [1.807, 2.05) is 6.07 Å². The second-order valence-corrected chi connectivity index (χ2v) is 6.14. The molecule has 1 saturated heterocycles. The third-order valence-corrected chi connectivity index (χ3v) is 4.24. The van der Waals surface area contributed by atoms with Gasteiger partial charge in [-0.05, 0) is 12.1 Å². The van der Waals surface area contributed by atoms with Crippen molar-refractivity contribution in [3.8, 4) is 11.8 Å². The first-order valence-electron chi connectivity index (χ1n) is 7.20. The van der Waals surface area contributed by atoms with Gasteiger partial charge in [0, 0.05) is 19.2 Å². The fourth-order valence-corrected chi connectivity index (χ4v) is 3.19. The van der Waals surface area contributed by atoms with Crippen molar-refractivity contribution in [1.82, 2.24) is 15.1 Å². The van der Waals surface area contributed by atoms with E-state index in [0.29, 0.717) is 25.4 Å². The number of ether oxygens (including phenoxy) is 1. The molecule has 1 aromatic carbocycles. The van der Waals surface area contributed by atoms with Gasteiger partial charge in [0.05, 0.1) is 27.9 Å². The molecule has 1 unspecified atom stereocenters. The maximum atomic E-state index is 12.9. The Morgan fingerprint density at radius 2 is 1.96 bits per heavy atom. The molecular weight excluding hydrogens is 380 g/mol. The molecule has 0 radical (unpaired) electrons. The summed E-state index contributed by atoms with van der Waals surface area (Å²) in [5, 5.41) is 15.9. The summed E-state index contributed by atoms with van der Waals surface area (Å²) in [6.07, 6.45) is -5.01. The van der Waals surface area contributed by atoms with Crippen molar-refractivity contribution in [2.24, 2.45) is 0 Å². The number of morpholine rings is 1. The second-order valence-electron chi connectivity index (χ2n) is 5.33. The van der Waals surface area contributed by atoms with E-state index in [4.69, 9.17) is 33.2 Å². The number of aromatic nitrogens is 2. The Kier molecular flexibility index (Phi) is 4.93. The Hall–Kier alpha value is -1.79. The van der Waals surface area contributed by atoms with Gasteiger partial charge in [-0.3, -0.25) is 0 Å². The second kappa shape index (κ2) is 6.84. The number of alkyl halides is 3. The summed E-state index contributed by atoms with van der Waals surface area (Å²) >= 11 is 12.1. The lowest BCUT2D eigenvalue weighted by atomic mass is 10.1. The zero-order valence-corrected chi connectivity index (χ0v) is 14.1. The molecule has 0 amide bonds. The lowest BCUT2D eigenvalue weighted by molar-refractivity contribution is -0.137. The van der Waals surface area contributed by atoms with Crippen LogP contribution in [0.1, 0.15) is 23.1 Å². The average Bonchev–Trinajstić information content (AvgIpc) is 2.98. The van der Waals surface area contributed by atoms with Gasteiger partial charge in [0.25, 0.3) is 0 Å². The molecule has 1 atom stereocenters. The summed E-state index contributed by atoms with van der Waals surface area (Å²) in [6, 6.07) is 4.96. The maximum absolute atomic E-state index is 12.9. The van der Waals surface area contributed by atoms with E-state index in [2.05, 4.69) is 10.4 Å². The van der Waals surface area contributed by atoms with Gasteiger partial charge in [-0.15, -0.1) is 0 Å². The van der Waals surface area contributed by atoms with Crippen LogP contribution in [0, 0.1) is 11.3 Å². The lowest BCUT2D eigenvalue weighted by Gasteiger charge is -2.24. The van der Waals surface area contributed by atoms with E-state index in [1.165, 1.54) is 10.7 Å².